The average Bonchev–Trinajstić information content (AvgIpc) is 1.63. The Hall–Kier alpha value is -0.620. The van der Waals surface area contributed by atoms with Crippen molar-refractivity contribution in [1.82, 2.24) is 18.5 Å². The van der Waals surface area contributed by atoms with Crippen LogP contribution >= 0.6 is 11.6 Å². The number of halogens is 1. The summed E-state index contributed by atoms with van der Waals surface area (Å²) in [6, 6.07) is 0. The van der Waals surface area contributed by atoms with Gasteiger partial charge in [-0.1, -0.05) is 18.2 Å². The van der Waals surface area contributed by atoms with Gasteiger partial charge in [0.15, 0.2) is 5.56 Å². The zero-order valence-corrected chi connectivity index (χ0v) is 8.36. The Morgan fingerprint density at radius 3 is 1.83 bits per heavy atom. The van der Waals surface area contributed by atoms with Crippen LogP contribution in [-0.4, -0.2) is 11.5 Å². The van der Waals surface area contributed by atoms with Crippen molar-refractivity contribution in [3.8, 4) is 0 Å². The summed E-state index contributed by atoms with van der Waals surface area (Å²) in [5, 5.41) is 0. The highest BCUT2D eigenvalue weighted by atomic mass is 35.5. The lowest BCUT2D eigenvalue weighted by Crippen LogP contribution is -2.09. The Morgan fingerprint density at radius 2 is 1.75 bits per heavy atom. The van der Waals surface area contributed by atoms with Gasteiger partial charge in [-0.05, 0) is 13.8 Å². The van der Waals surface area contributed by atoms with Crippen LogP contribution in [0, 0.1) is 0 Å². The summed E-state index contributed by atoms with van der Waals surface area (Å²) in [6.45, 7) is 6.52. The molecule has 1 atom stereocenters. The van der Waals surface area contributed by atoms with Crippen LogP contribution in [0.15, 0.2) is 12.2 Å². The van der Waals surface area contributed by atoms with Crippen molar-refractivity contribution in [1.29, 1.82) is 0 Å². The maximum absolute atomic E-state index is 10.5. The van der Waals surface area contributed by atoms with Crippen LogP contribution < -0.4 is 18.5 Å². The highest BCUT2D eigenvalue weighted by molar-refractivity contribution is 6.20. The number of hydrogen-bond acceptors (Lipinski definition) is 5. The third kappa shape index (κ3) is 12.1. The second kappa shape index (κ2) is 10.4. The minimum atomic E-state index is -0.575. The number of esters is 1. The fourth-order valence-electron chi connectivity index (χ4n) is 0.248. The van der Waals surface area contributed by atoms with Gasteiger partial charge in [0, 0.05) is 5.57 Å². The summed E-state index contributed by atoms with van der Waals surface area (Å²) in [4.78, 5) is 10.5. The van der Waals surface area contributed by atoms with Crippen molar-refractivity contribution in [2.45, 2.75) is 19.4 Å². The lowest BCUT2D eigenvalue weighted by atomic mass is 10.4. The summed E-state index contributed by atoms with van der Waals surface area (Å²) in [7, 11) is 0. The molecule has 0 radical (unpaired) electrons. The molecule has 0 heterocycles. The Balaban J connectivity index is -0.000000107. The molecule has 6 heteroatoms. The number of rotatable bonds is 2. The molecular formula is C6H18ClN3O2. The molecule has 0 aliphatic rings. The molecule has 9 N–H and O–H groups in total. The summed E-state index contributed by atoms with van der Waals surface area (Å²) in [5.74, 6) is -0.447. The molecular weight excluding hydrogens is 182 g/mol. The van der Waals surface area contributed by atoms with Gasteiger partial charge in [0.05, 0.1) is 0 Å². The molecule has 0 saturated heterocycles. The molecule has 0 saturated carbocycles. The molecule has 1 unspecified atom stereocenters. The normalized spacial score (nSPS) is 9.25. The van der Waals surface area contributed by atoms with Gasteiger partial charge >= 0.3 is 5.97 Å². The SMILES string of the molecule is C=C(C)C(=O)OC(C)Cl.N.N.N. The first kappa shape index (κ1) is 22.5. The highest BCUT2D eigenvalue weighted by Crippen LogP contribution is 2.00. The average molecular weight is 200 g/mol. The lowest BCUT2D eigenvalue weighted by Gasteiger charge is -2.03. The van der Waals surface area contributed by atoms with E-state index in [4.69, 9.17) is 11.6 Å². The molecule has 0 rings (SSSR count). The monoisotopic (exact) mass is 199 g/mol. The highest BCUT2D eigenvalue weighted by Gasteiger charge is 2.05. The van der Waals surface area contributed by atoms with E-state index in [9.17, 15) is 4.79 Å². The molecule has 0 aliphatic carbocycles. The first-order valence-corrected chi connectivity index (χ1v) is 2.98. The van der Waals surface area contributed by atoms with E-state index < -0.39 is 11.5 Å². The van der Waals surface area contributed by atoms with E-state index in [1.165, 1.54) is 0 Å². The molecule has 0 amide bonds. The van der Waals surface area contributed by atoms with Crippen LogP contribution in [0.2, 0.25) is 0 Å². The van der Waals surface area contributed by atoms with E-state index in [1.807, 2.05) is 0 Å². The van der Waals surface area contributed by atoms with Crippen molar-refractivity contribution in [3.05, 3.63) is 12.2 Å². The molecule has 0 spiro atoms. The molecule has 0 bridgehead atoms. The van der Waals surface area contributed by atoms with Gasteiger partial charge in [0.1, 0.15) is 0 Å². The summed E-state index contributed by atoms with van der Waals surface area (Å²) in [6.07, 6.45) is 0. The predicted molar refractivity (Wildman–Crippen MR) is 51.3 cm³/mol. The number of hydrogen-bond donors (Lipinski definition) is 3. The van der Waals surface area contributed by atoms with Gasteiger partial charge in [0.2, 0.25) is 0 Å². The third-order valence-electron chi connectivity index (χ3n) is 0.618. The number of ether oxygens (including phenoxy) is 1. The van der Waals surface area contributed by atoms with E-state index in [0.717, 1.165) is 0 Å². The van der Waals surface area contributed by atoms with E-state index in [0.29, 0.717) is 5.57 Å². The first-order valence-electron chi connectivity index (χ1n) is 2.54. The Morgan fingerprint density at radius 1 is 1.42 bits per heavy atom. The molecule has 12 heavy (non-hydrogen) atoms. The van der Waals surface area contributed by atoms with Crippen LogP contribution in [0.25, 0.3) is 0 Å². The minimum absolute atomic E-state index is 0. The van der Waals surface area contributed by atoms with Gasteiger partial charge in [-0.3, -0.25) is 0 Å². The molecule has 76 valence electrons. The fourth-order valence-corrected chi connectivity index (χ4v) is 0.329. The van der Waals surface area contributed by atoms with E-state index >= 15 is 0 Å². The standard InChI is InChI=1S/C6H9ClO2.3H3N/c1-4(2)6(8)9-5(3)7;;;/h5H,1H2,2-3H3;3*1H3. The largest absolute Gasteiger partial charge is 0.443 e. The zero-order valence-electron chi connectivity index (χ0n) is 7.60. The zero-order chi connectivity index (χ0) is 7.44. The third-order valence-corrected chi connectivity index (χ3v) is 0.707. The van der Waals surface area contributed by atoms with Crippen LogP contribution in [0.4, 0.5) is 0 Å². The predicted octanol–water partition coefficient (Wildman–Crippen LogP) is 2.18. The molecule has 0 aromatic rings. The topological polar surface area (TPSA) is 131 Å². The quantitative estimate of drug-likeness (QED) is 0.356. The number of carbonyl (C=O) groups is 1. The second-order valence-corrected chi connectivity index (χ2v) is 2.34. The fraction of sp³-hybridized carbons (Fsp3) is 0.500. The summed E-state index contributed by atoms with van der Waals surface area (Å²) < 4.78 is 4.54. The maximum Gasteiger partial charge on any atom is 0.334 e. The minimum Gasteiger partial charge on any atom is -0.443 e. The first-order chi connectivity index (χ1) is 4.04. The molecule has 0 aliphatic heterocycles. The van der Waals surface area contributed by atoms with Gasteiger partial charge in [0.25, 0.3) is 0 Å². The van der Waals surface area contributed by atoms with Gasteiger partial charge in [-0.25, -0.2) is 4.79 Å². The molecule has 0 aromatic carbocycles. The van der Waals surface area contributed by atoms with E-state index in [-0.39, 0.29) is 18.5 Å². The van der Waals surface area contributed by atoms with Crippen LogP contribution in [0.3, 0.4) is 0 Å². The molecule has 5 nitrogen and oxygen atoms in total. The molecule has 0 fully saturated rings. The van der Waals surface area contributed by atoms with Crippen molar-refractivity contribution >= 4 is 17.6 Å². The van der Waals surface area contributed by atoms with E-state index in [1.54, 1.807) is 13.8 Å². The summed E-state index contributed by atoms with van der Waals surface area (Å²) >= 11 is 5.33. The Kier molecular flexibility index (Phi) is 19.5. The number of alkyl halides is 1. The smallest absolute Gasteiger partial charge is 0.334 e. The van der Waals surface area contributed by atoms with Crippen molar-refractivity contribution in [2.75, 3.05) is 0 Å². The Labute approximate surface area is 77.9 Å². The number of carbonyl (C=O) groups excluding carboxylic acids is 1. The van der Waals surface area contributed by atoms with E-state index in [2.05, 4.69) is 11.3 Å². The summed E-state index contributed by atoms with van der Waals surface area (Å²) in [5.41, 5.74) is -0.211. The van der Waals surface area contributed by atoms with Gasteiger partial charge in [-0.2, -0.15) is 0 Å². The van der Waals surface area contributed by atoms with Crippen LogP contribution in [0.1, 0.15) is 13.8 Å². The van der Waals surface area contributed by atoms with Crippen molar-refractivity contribution in [3.63, 3.8) is 0 Å². The van der Waals surface area contributed by atoms with Crippen molar-refractivity contribution < 1.29 is 9.53 Å². The maximum atomic E-state index is 10.5. The lowest BCUT2D eigenvalue weighted by molar-refractivity contribution is -0.140. The van der Waals surface area contributed by atoms with Crippen LogP contribution in [0.5, 0.6) is 0 Å². The second-order valence-electron chi connectivity index (χ2n) is 1.73. The van der Waals surface area contributed by atoms with Crippen LogP contribution in [-0.2, 0) is 9.53 Å². The molecule has 0 aromatic heterocycles. The Bertz CT molecular complexity index is 139. The van der Waals surface area contributed by atoms with Gasteiger partial charge in [-0.15, -0.1) is 0 Å². The van der Waals surface area contributed by atoms with Gasteiger partial charge < -0.3 is 23.2 Å². The van der Waals surface area contributed by atoms with Crippen molar-refractivity contribution in [2.24, 2.45) is 0 Å².